The van der Waals surface area contributed by atoms with Gasteiger partial charge in [0.15, 0.2) is 24.6 Å². The quantitative estimate of drug-likeness (QED) is 0.0336. The zero-order valence-electron chi connectivity index (χ0n) is 43.9. The summed E-state index contributed by atoms with van der Waals surface area (Å²) in [5.74, 6) is -2.38. The summed E-state index contributed by atoms with van der Waals surface area (Å²) in [6.07, 6.45) is -12.8. The number of hydrogen-bond acceptors (Lipinski definition) is 16. The molecule has 2 heterocycles. The van der Waals surface area contributed by atoms with Crippen LogP contribution in [0.25, 0.3) is 0 Å². The maximum absolute atomic E-state index is 14.4. The normalized spacial score (nSPS) is 22.5. The van der Waals surface area contributed by atoms with Crippen molar-refractivity contribution in [2.24, 2.45) is 0 Å². The van der Waals surface area contributed by atoms with Crippen molar-refractivity contribution >= 4 is 70.6 Å². The van der Waals surface area contributed by atoms with Crippen LogP contribution in [-0.4, -0.2) is 108 Å². The molecule has 9 rings (SSSR count). The largest absolute Gasteiger partial charge is 0.508 e. The molecule has 2 fully saturated rings. The van der Waals surface area contributed by atoms with E-state index in [1.54, 1.807) is 91.0 Å². The second-order valence-corrected chi connectivity index (χ2v) is 22.5. The Hall–Kier alpha value is -6.80. The van der Waals surface area contributed by atoms with Gasteiger partial charge in [0.2, 0.25) is 3.79 Å². The SMILES string of the molecule is O=C(OC[C@H]1O[C@@H](OC[C@H]2O[C@@H](Sc3ccccc3)[C@H](OC(=O)c3ccccc3)[C@@H](OC(=O)c3ccccc3)[C@H]2OC(=O)c2ccccc2)[C@H](OCc2ccccc2)[C@@H](OCc2ccccc2)[C@H]1OCc1ccccc1)OCC(Cl)(Cl)Cl. The maximum atomic E-state index is 14.4. The summed E-state index contributed by atoms with van der Waals surface area (Å²) >= 11 is 18.9. The van der Waals surface area contributed by atoms with Gasteiger partial charge in [-0.1, -0.05) is 210 Å². The Morgan fingerprint density at radius 3 is 1.26 bits per heavy atom. The van der Waals surface area contributed by atoms with Crippen molar-refractivity contribution in [2.45, 2.75) is 89.1 Å². The highest BCUT2D eigenvalue weighted by Crippen LogP contribution is 2.40. The van der Waals surface area contributed by atoms with Crippen molar-refractivity contribution in [3.05, 3.63) is 246 Å². The zero-order valence-corrected chi connectivity index (χ0v) is 47.0. The molecule has 7 aromatic rings. The van der Waals surface area contributed by atoms with Gasteiger partial charge in [-0.05, 0) is 65.2 Å². The van der Waals surface area contributed by atoms with E-state index in [1.165, 1.54) is 11.8 Å². The molecule has 2 aliphatic heterocycles. The first-order chi connectivity index (χ1) is 39.9. The number of ether oxygens (including phenoxy) is 11. The van der Waals surface area contributed by atoms with Crippen LogP contribution in [0.15, 0.2) is 217 Å². The summed E-state index contributed by atoms with van der Waals surface area (Å²) in [5, 5.41) is 0. The molecule has 0 saturated carbocycles. The first kappa shape index (κ1) is 59.8. The van der Waals surface area contributed by atoms with E-state index in [1.807, 2.05) is 121 Å². The molecule has 0 unspecified atom stereocenters. The van der Waals surface area contributed by atoms with Crippen molar-refractivity contribution in [1.29, 1.82) is 0 Å². The van der Waals surface area contributed by atoms with Gasteiger partial charge in [0.25, 0.3) is 0 Å². The van der Waals surface area contributed by atoms with Crippen LogP contribution in [0.2, 0.25) is 0 Å². The van der Waals surface area contributed by atoms with Crippen molar-refractivity contribution < 1.29 is 71.3 Å². The molecule has 7 aromatic carbocycles. The van der Waals surface area contributed by atoms with Crippen LogP contribution in [0.5, 0.6) is 0 Å². The van der Waals surface area contributed by atoms with Crippen LogP contribution >= 0.6 is 46.6 Å². The lowest BCUT2D eigenvalue weighted by Gasteiger charge is -2.47. The summed E-state index contributed by atoms with van der Waals surface area (Å²) < 4.78 is 69.3. The number of esters is 3. The molecule has 0 aliphatic carbocycles. The highest BCUT2D eigenvalue weighted by molar-refractivity contribution is 7.99. The summed E-state index contributed by atoms with van der Waals surface area (Å²) in [6, 6.07) is 62.2. The molecule has 0 spiro atoms. The lowest BCUT2D eigenvalue weighted by atomic mass is 9.97. The van der Waals surface area contributed by atoms with Crippen LogP contribution in [0.1, 0.15) is 47.8 Å². The van der Waals surface area contributed by atoms with Gasteiger partial charge in [-0.3, -0.25) is 0 Å². The standard InChI is InChI=1S/C63H57Cl3O15S/c64-63(65,66)41-76-62(70)75-40-49-51(71-36-42-22-8-1-9-23-42)53(72-37-43-24-10-2-11-25-43)55(73-38-44-26-12-3-13-27-44)60(77-49)74-39-50-52(79-57(67)45-28-14-4-15-29-45)54(80-58(68)46-30-16-5-17-31-46)56(81-59(69)47-32-18-6-19-33-47)61(78-50)82-48-34-20-7-21-35-48/h1-35,49-56,60-61H,36-41H2/t49-,50-,51+,52+,53+,54+,55-,56-,60-,61+/m1/s1. The third-order valence-corrected chi connectivity index (χ3v) is 14.4. The van der Waals surface area contributed by atoms with Crippen molar-refractivity contribution in [3.63, 3.8) is 0 Å². The Balaban J connectivity index is 1.12. The monoisotopic (exact) mass is 1190 g/mol. The van der Waals surface area contributed by atoms with Crippen molar-refractivity contribution in [3.8, 4) is 0 Å². The fourth-order valence-electron chi connectivity index (χ4n) is 8.98. The molecule has 82 heavy (non-hydrogen) atoms. The number of hydrogen-bond donors (Lipinski definition) is 0. The molecule has 0 radical (unpaired) electrons. The highest BCUT2D eigenvalue weighted by atomic mass is 35.6. The van der Waals surface area contributed by atoms with Crippen molar-refractivity contribution in [1.82, 2.24) is 0 Å². The number of thioether (sulfide) groups is 1. The Morgan fingerprint density at radius 2 is 0.793 bits per heavy atom. The zero-order chi connectivity index (χ0) is 57.1. The first-order valence-electron chi connectivity index (χ1n) is 26.2. The maximum Gasteiger partial charge on any atom is 0.508 e. The van der Waals surface area contributed by atoms with E-state index in [2.05, 4.69) is 0 Å². The predicted molar refractivity (Wildman–Crippen MR) is 305 cm³/mol. The Bertz CT molecular complexity index is 3080. The van der Waals surface area contributed by atoms with Crippen LogP contribution in [0, 0.1) is 0 Å². The van der Waals surface area contributed by atoms with Gasteiger partial charge in [0.05, 0.1) is 43.1 Å². The molecule has 0 aromatic heterocycles. The molecule has 0 amide bonds. The second kappa shape index (κ2) is 30.0. The van der Waals surface area contributed by atoms with Crippen molar-refractivity contribution in [2.75, 3.05) is 19.8 Å². The van der Waals surface area contributed by atoms with E-state index < -0.39 is 108 Å². The lowest BCUT2D eigenvalue weighted by Crippen LogP contribution is -2.64. The van der Waals surface area contributed by atoms with Crippen LogP contribution < -0.4 is 0 Å². The molecule has 2 aliphatic rings. The van der Waals surface area contributed by atoms with E-state index in [-0.39, 0.29) is 36.5 Å². The predicted octanol–water partition coefficient (Wildman–Crippen LogP) is 12.2. The van der Waals surface area contributed by atoms with Crippen LogP contribution in [0.3, 0.4) is 0 Å². The number of alkyl halides is 3. The first-order valence-corrected chi connectivity index (χ1v) is 28.2. The number of carbonyl (C=O) groups excluding carboxylic acids is 4. The summed E-state index contributed by atoms with van der Waals surface area (Å²) in [4.78, 5) is 57.0. The highest BCUT2D eigenvalue weighted by Gasteiger charge is 2.55. The lowest BCUT2D eigenvalue weighted by molar-refractivity contribution is -0.333. The summed E-state index contributed by atoms with van der Waals surface area (Å²) in [5.41, 5.74) is 1.81. The van der Waals surface area contributed by atoms with Gasteiger partial charge in [0, 0.05) is 4.90 Å². The molecule has 19 heteroatoms. The number of benzene rings is 7. The number of halogens is 3. The van der Waals surface area contributed by atoms with E-state index in [9.17, 15) is 19.2 Å². The third kappa shape index (κ3) is 17.4. The molecule has 2 saturated heterocycles. The average molecular weight is 1190 g/mol. The third-order valence-electron chi connectivity index (χ3n) is 12.9. The fourth-order valence-corrected chi connectivity index (χ4v) is 10.3. The van der Waals surface area contributed by atoms with Crippen LogP contribution in [0.4, 0.5) is 4.79 Å². The smallest absolute Gasteiger partial charge is 0.452 e. The Morgan fingerprint density at radius 1 is 0.402 bits per heavy atom. The van der Waals surface area contributed by atoms with Gasteiger partial charge < -0.3 is 52.1 Å². The number of carbonyl (C=O) groups is 4. The van der Waals surface area contributed by atoms with E-state index in [0.717, 1.165) is 16.7 Å². The minimum absolute atomic E-state index is 0.0366. The molecule has 10 atom stereocenters. The minimum atomic E-state index is -1.93. The molecular formula is C63H57Cl3O15S. The molecule has 0 bridgehead atoms. The molecular weight excluding hydrogens is 1140 g/mol. The molecule has 426 valence electrons. The van der Waals surface area contributed by atoms with E-state index in [4.69, 9.17) is 86.9 Å². The average Bonchev–Trinajstić information content (AvgIpc) is 3.55. The molecule has 0 N–H and O–H groups in total. The van der Waals surface area contributed by atoms with Gasteiger partial charge in [-0.2, -0.15) is 0 Å². The van der Waals surface area contributed by atoms with Crippen LogP contribution in [-0.2, 0) is 71.9 Å². The van der Waals surface area contributed by atoms with E-state index in [0.29, 0.717) is 4.90 Å². The topological polar surface area (TPSA) is 170 Å². The van der Waals surface area contributed by atoms with Gasteiger partial charge in [0.1, 0.15) is 49.2 Å². The van der Waals surface area contributed by atoms with Gasteiger partial charge in [-0.15, -0.1) is 0 Å². The minimum Gasteiger partial charge on any atom is -0.452 e. The Labute approximate surface area is 493 Å². The summed E-state index contributed by atoms with van der Waals surface area (Å²) in [6.45, 7) is -1.41. The molecule has 15 nitrogen and oxygen atoms in total. The summed E-state index contributed by atoms with van der Waals surface area (Å²) in [7, 11) is 0. The fraction of sp³-hybridized carbons (Fsp3) is 0.270. The number of rotatable bonds is 23. The Kier molecular flexibility index (Phi) is 21.9. The van der Waals surface area contributed by atoms with Gasteiger partial charge in [-0.25, -0.2) is 19.2 Å². The second-order valence-electron chi connectivity index (χ2n) is 18.8. The van der Waals surface area contributed by atoms with E-state index >= 15 is 0 Å². The van der Waals surface area contributed by atoms with Gasteiger partial charge >= 0.3 is 24.1 Å².